The summed E-state index contributed by atoms with van der Waals surface area (Å²) in [6.45, 7) is 6.92. The minimum Gasteiger partial charge on any atom is -0.326 e. The Hall–Kier alpha value is -0.150. The first-order valence-corrected chi connectivity index (χ1v) is 4.60. The second-order valence-electron chi connectivity index (χ2n) is 4.37. The van der Waals surface area contributed by atoms with Crippen LogP contribution in [0.3, 0.4) is 0 Å². The van der Waals surface area contributed by atoms with Crippen LogP contribution in [0.1, 0.15) is 20.3 Å². The Kier molecular flexibility index (Phi) is 3.07. The normalized spacial score (nSPS) is 29.5. The van der Waals surface area contributed by atoms with Crippen LogP contribution in [0, 0.1) is 5.41 Å². The number of hydrogen-bond donors (Lipinski definition) is 1. The summed E-state index contributed by atoms with van der Waals surface area (Å²) in [5.41, 5.74) is 6.14. The first-order chi connectivity index (χ1) is 5.56. The quantitative estimate of drug-likeness (QED) is 0.692. The zero-order valence-corrected chi connectivity index (χ0v) is 8.02. The standard InChI is InChI=1S/C9H19FN2/c1-9(2)7-12(5-3-4-10)6-8(9)11/h8H,3-7,11H2,1-2H3. The van der Waals surface area contributed by atoms with Crippen LogP contribution in [-0.2, 0) is 0 Å². The molecule has 0 aromatic carbocycles. The van der Waals surface area contributed by atoms with E-state index >= 15 is 0 Å². The van der Waals surface area contributed by atoms with Gasteiger partial charge in [0.25, 0.3) is 0 Å². The summed E-state index contributed by atoms with van der Waals surface area (Å²) in [6.07, 6.45) is 0.642. The van der Waals surface area contributed by atoms with E-state index in [-0.39, 0.29) is 18.1 Å². The minimum atomic E-state index is -0.216. The zero-order chi connectivity index (χ0) is 9.19. The number of hydrogen-bond acceptors (Lipinski definition) is 2. The summed E-state index contributed by atoms with van der Waals surface area (Å²) in [5, 5.41) is 0. The van der Waals surface area contributed by atoms with Gasteiger partial charge in [0.15, 0.2) is 0 Å². The number of nitrogens with zero attached hydrogens (tertiary/aromatic N) is 1. The van der Waals surface area contributed by atoms with E-state index in [0.29, 0.717) is 6.42 Å². The third-order valence-corrected chi connectivity index (χ3v) is 2.70. The smallest absolute Gasteiger partial charge is 0.0906 e. The molecule has 3 heteroatoms. The van der Waals surface area contributed by atoms with E-state index < -0.39 is 0 Å². The van der Waals surface area contributed by atoms with Gasteiger partial charge in [0.2, 0.25) is 0 Å². The molecule has 1 aliphatic heterocycles. The van der Waals surface area contributed by atoms with Crippen LogP contribution in [0.4, 0.5) is 4.39 Å². The summed E-state index contributed by atoms with van der Waals surface area (Å²) >= 11 is 0. The van der Waals surface area contributed by atoms with E-state index in [1.165, 1.54) is 0 Å². The first kappa shape index (κ1) is 9.93. The van der Waals surface area contributed by atoms with Gasteiger partial charge in [-0.1, -0.05) is 13.8 Å². The van der Waals surface area contributed by atoms with Crippen molar-refractivity contribution >= 4 is 0 Å². The molecular formula is C9H19FN2. The first-order valence-electron chi connectivity index (χ1n) is 4.60. The fourth-order valence-corrected chi connectivity index (χ4v) is 1.74. The van der Waals surface area contributed by atoms with Gasteiger partial charge < -0.3 is 10.6 Å². The Morgan fingerprint density at radius 1 is 1.58 bits per heavy atom. The van der Waals surface area contributed by atoms with E-state index in [2.05, 4.69) is 18.7 Å². The van der Waals surface area contributed by atoms with Crippen LogP contribution in [0.5, 0.6) is 0 Å². The monoisotopic (exact) mass is 174 g/mol. The van der Waals surface area contributed by atoms with Crippen molar-refractivity contribution in [2.24, 2.45) is 11.1 Å². The van der Waals surface area contributed by atoms with Crippen LogP contribution >= 0.6 is 0 Å². The fraction of sp³-hybridized carbons (Fsp3) is 1.00. The number of likely N-dealkylation sites (tertiary alicyclic amines) is 1. The highest BCUT2D eigenvalue weighted by molar-refractivity contribution is 4.93. The van der Waals surface area contributed by atoms with E-state index in [1.54, 1.807) is 0 Å². The van der Waals surface area contributed by atoms with Crippen molar-refractivity contribution in [1.82, 2.24) is 4.90 Å². The van der Waals surface area contributed by atoms with Gasteiger partial charge in [0.1, 0.15) is 0 Å². The second kappa shape index (κ2) is 3.71. The van der Waals surface area contributed by atoms with Crippen molar-refractivity contribution in [1.29, 1.82) is 0 Å². The lowest BCUT2D eigenvalue weighted by Gasteiger charge is -2.21. The summed E-state index contributed by atoms with van der Waals surface area (Å²) < 4.78 is 11.9. The summed E-state index contributed by atoms with van der Waals surface area (Å²) in [4.78, 5) is 2.25. The van der Waals surface area contributed by atoms with Gasteiger partial charge >= 0.3 is 0 Å². The van der Waals surface area contributed by atoms with Crippen LogP contribution in [0.2, 0.25) is 0 Å². The molecule has 0 amide bonds. The third kappa shape index (κ3) is 2.17. The Morgan fingerprint density at radius 3 is 2.67 bits per heavy atom. The summed E-state index contributed by atoms with van der Waals surface area (Å²) in [7, 11) is 0. The van der Waals surface area contributed by atoms with Crippen molar-refractivity contribution in [3.63, 3.8) is 0 Å². The largest absolute Gasteiger partial charge is 0.326 e. The topological polar surface area (TPSA) is 29.3 Å². The van der Waals surface area contributed by atoms with Crippen molar-refractivity contribution in [3.8, 4) is 0 Å². The number of halogens is 1. The highest BCUT2D eigenvalue weighted by Gasteiger charge is 2.36. The molecule has 0 radical (unpaired) electrons. The van der Waals surface area contributed by atoms with Gasteiger partial charge in [-0.3, -0.25) is 4.39 Å². The Bertz CT molecular complexity index is 147. The van der Waals surface area contributed by atoms with Crippen LogP contribution in [0.25, 0.3) is 0 Å². The molecule has 2 nitrogen and oxygen atoms in total. The maximum Gasteiger partial charge on any atom is 0.0906 e. The molecule has 0 saturated carbocycles. The molecule has 0 bridgehead atoms. The van der Waals surface area contributed by atoms with Crippen LogP contribution < -0.4 is 5.73 Å². The molecule has 0 aliphatic carbocycles. The lowest BCUT2D eigenvalue weighted by Crippen LogP contribution is -2.35. The molecule has 1 saturated heterocycles. The van der Waals surface area contributed by atoms with E-state index in [0.717, 1.165) is 19.6 Å². The summed E-state index contributed by atoms with van der Waals surface area (Å²) in [5.74, 6) is 0. The second-order valence-corrected chi connectivity index (χ2v) is 4.37. The third-order valence-electron chi connectivity index (χ3n) is 2.70. The van der Waals surface area contributed by atoms with Crippen molar-refractivity contribution in [3.05, 3.63) is 0 Å². The molecule has 1 fully saturated rings. The van der Waals surface area contributed by atoms with Gasteiger partial charge in [-0.15, -0.1) is 0 Å². The van der Waals surface area contributed by atoms with Gasteiger partial charge in [-0.25, -0.2) is 0 Å². The number of rotatable bonds is 3. The maximum absolute atomic E-state index is 11.9. The van der Waals surface area contributed by atoms with Gasteiger partial charge in [-0.2, -0.15) is 0 Å². The van der Waals surface area contributed by atoms with Crippen molar-refractivity contribution in [2.75, 3.05) is 26.3 Å². The molecule has 1 aliphatic rings. The Labute approximate surface area is 73.9 Å². The van der Waals surface area contributed by atoms with E-state index in [4.69, 9.17) is 5.73 Å². The molecule has 0 aromatic heterocycles. The highest BCUT2D eigenvalue weighted by atomic mass is 19.1. The molecule has 72 valence electrons. The lowest BCUT2D eigenvalue weighted by molar-refractivity contribution is 0.274. The van der Waals surface area contributed by atoms with E-state index in [1.807, 2.05) is 0 Å². The van der Waals surface area contributed by atoms with Crippen LogP contribution in [-0.4, -0.2) is 37.3 Å². The predicted octanol–water partition coefficient (Wildman–Crippen LogP) is 1.02. The molecule has 1 atom stereocenters. The molecular weight excluding hydrogens is 155 g/mol. The van der Waals surface area contributed by atoms with Crippen molar-refractivity contribution in [2.45, 2.75) is 26.3 Å². The average molecular weight is 174 g/mol. The van der Waals surface area contributed by atoms with E-state index in [9.17, 15) is 4.39 Å². The van der Waals surface area contributed by atoms with Crippen molar-refractivity contribution < 1.29 is 4.39 Å². The van der Waals surface area contributed by atoms with Crippen LogP contribution in [0.15, 0.2) is 0 Å². The molecule has 2 N–H and O–H groups in total. The minimum absolute atomic E-state index is 0.205. The molecule has 1 heterocycles. The van der Waals surface area contributed by atoms with Gasteiger partial charge in [-0.05, 0) is 11.8 Å². The lowest BCUT2D eigenvalue weighted by atomic mass is 9.89. The number of nitrogens with two attached hydrogens (primary N) is 1. The SMILES string of the molecule is CC1(C)CN(CCCF)CC1N. The zero-order valence-electron chi connectivity index (χ0n) is 8.02. The molecule has 1 rings (SSSR count). The molecule has 0 spiro atoms. The molecule has 0 aromatic rings. The molecule has 1 unspecified atom stereocenters. The molecule has 12 heavy (non-hydrogen) atoms. The predicted molar refractivity (Wildman–Crippen MR) is 48.8 cm³/mol. The maximum atomic E-state index is 11.9. The average Bonchev–Trinajstić information content (AvgIpc) is 2.22. The Morgan fingerprint density at radius 2 is 2.25 bits per heavy atom. The van der Waals surface area contributed by atoms with Gasteiger partial charge in [0.05, 0.1) is 6.67 Å². The highest BCUT2D eigenvalue weighted by Crippen LogP contribution is 2.27. The number of alkyl halides is 1. The fourth-order valence-electron chi connectivity index (χ4n) is 1.74. The van der Waals surface area contributed by atoms with Gasteiger partial charge in [0, 0.05) is 25.7 Å². The Balaban J connectivity index is 2.33. The summed E-state index contributed by atoms with van der Waals surface area (Å²) in [6, 6.07) is 0.247.